The standard InChI is InChI=1S/C7H5ClI2O2S/c8-5-1-3-6(4-2-5)13(11,12)7(9)10/h1-4,7H. The molecule has 0 unspecified atom stereocenters. The van der Waals surface area contributed by atoms with E-state index in [9.17, 15) is 8.42 Å². The van der Waals surface area contributed by atoms with Crippen LogP contribution in [0.1, 0.15) is 0 Å². The zero-order valence-electron chi connectivity index (χ0n) is 6.25. The third kappa shape index (κ3) is 2.93. The highest BCUT2D eigenvalue weighted by atomic mass is 127. The third-order valence-corrected chi connectivity index (χ3v) is 7.04. The summed E-state index contributed by atoms with van der Waals surface area (Å²) in [6.45, 7) is 0. The van der Waals surface area contributed by atoms with Gasteiger partial charge >= 0.3 is 0 Å². The second-order valence-corrected chi connectivity index (χ2v) is 11.3. The molecule has 0 radical (unpaired) electrons. The topological polar surface area (TPSA) is 34.1 Å². The first-order valence-electron chi connectivity index (χ1n) is 3.22. The van der Waals surface area contributed by atoms with Crippen LogP contribution in [0.2, 0.25) is 5.02 Å². The van der Waals surface area contributed by atoms with Gasteiger partial charge in [-0.3, -0.25) is 0 Å². The van der Waals surface area contributed by atoms with Crippen molar-refractivity contribution in [3.63, 3.8) is 0 Å². The highest BCUT2D eigenvalue weighted by Gasteiger charge is 2.21. The lowest BCUT2D eigenvalue weighted by Crippen LogP contribution is -2.07. The zero-order valence-corrected chi connectivity index (χ0v) is 12.1. The van der Waals surface area contributed by atoms with Crippen LogP contribution < -0.4 is 0 Å². The monoisotopic (exact) mass is 442 g/mol. The van der Waals surface area contributed by atoms with Gasteiger partial charge in [0.15, 0.2) is 11.1 Å². The number of alkyl halides is 2. The van der Waals surface area contributed by atoms with Gasteiger partial charge < -0.3 is 0 Å². The number of benzene rings is 1. The van der Waals surface area contributed by atoms with Gasteiger partial charge in [0.25, 0.3) is 0 Å². The molecule has 1 rings (SSSR count). The second kappa shape index (κ2) is 4.63. The average Bonchev–Trinajstić information content (AvgIpc) is 2.04. The van der Waals surface area contributed by atoms with Crippen molar-refractivity contribution in [2.75, 3.05) is 0 Å². The van der Waals surface area contributed by atoms with Gasteiger partial charge in [-0.2, -0.15) is 0 Å². The Kier molecular flexibility index (Phi) is 4.27. The zero-order chi connectivity index (χ0) is 10.1. The quantitative estimate of drug-likeness (QED) is 0.521. The first-order valence-corrected chi connectivity index (χ1v) is 7.64. The summed E-state index contributed by atoms with van der Waals surface area (Å²) in [6, 6.07) is 6.18. The molecule has 13 heavy (non-hydrogen) atoms. The Hall–Kier alpha value is 0.920. The van der Waals surface area contributed by atoms with Crippen molar-refractivity contribution in [1.82, 2.24) is 0 Å². The van der Waals surface area contributed by atoms with Crippen LogP contribution in [0.5, 0.6) is 0 Å². The van der Waals surface area contributed by atoms with Gasteiger partial charge in [-0.05, 0) is 24.3 Å². The van der Waals surface area contributed by atoms with E-state index >= 15 is 0 Å². The first kappa shape index (κ1) is 12.0. The predicted octanol–water partition coefficient (Wildman–Crippen LogP) is 3.27. The van der Waals surface area contributed by atoms with Crippen LogP contribution in [0, 0.1) is 0 Å². The van der Waals surface area contributed by atoms with Crippen molar-refractivity contribution in [3.05, 3.63) is 29.3 Å². The summed E-state index contributed by atoms with van der Waals surface area (Å²) in [4.78, 5) is 0.311. The smallest absolute Gasteiger partial charge is 0.199 e. The maximum Gasteiger partial charge on any atom is 0.199 e. The molecular formula is C7H5ClI2O2S. The largest absolute Gasteiger partial charge is 0.222 e. The molecule has 1 aromatic rings. The van der Waals surface area contributed by atoms with Gasteiger partial charge in [0, 0.05) is 5.02 Å². The SMILES string of the molecule is O=S(=O)(c1ccc(Cl)cc1)C(I)I. The average molecular weight is 442 g/mol. The molecule has 0 aliphatic rings. The van der Waals surface area contributed by atoms with Gasteiger partial charge in [0.1, 0.15) is 0 Å². The summed E-state index contributed by atoms with van der Waals surface area (Å²) in [5.74, 6) is 0. The van der Waals surface area contributed by atoms with Crippen LogP contribution >= 0.6 is 56.8 Å². The molecule has 0 fully saturated rings. The Morgan fingerprint density at radius 1 is 1.15 bits per heavy atom. The van der Waals surface area contributed by atoms with Gasteiger partial charge in [0.05, 0.1) is 4.90 Å². The van der Waals surface area contributed by atoms with E-state index in [4.69, 9.17) is 11.6 Å². The summed E-state index contributed by atoms with van der Waals surface area (Å²) in [5, 5.41) is 0.539. The minimum atomic E-state index is -3.18. The van der Waals surface area contributed by atoms with E-state index in [1.54, 1.807) is 12.1 Å². The molecule has 0 spiro atoms. The third-order valence-electron chi connectivity index (χ3n) is 1.38. The van der Waals surface area contributed by atoms with Crippen molar-refractivity contribution >= 4 is 66.6 Å². The van der Waals surface area contributed by atoms with Crippen LogP contribution in [0.25, 0.3) is 0 Å². The number of rotatable bonds is 2. The molecule has 0 heterocycles. The Morgan fingerprint density at radius 3 is 2.00 bits per heavy atom. The molecule has 0 aliphatic carbocycles. The number of halogens is 3. The van der Waals surface area contributed by atoms with Crippen molar-refractivity contribution in [2.24, 2.45) is 0 Å². The minimum absolute atomic E-state index is 0.311. The molecule has 1 aromatic carbocycles. The summed E-state index contributed by atoms with van der Waals surface area (Å²) in [7, 11) is -3.18. The van der Waals surface area contributed by atoms with E-state index in [0.717, 1.165) is 0 Å². The summed E-state index contributed by atoms with van der Waals surface area (Å²) >= 11 is 9.37. The fraction of sp³-hybridized carbons (Fsp3) is 0.143. The van der Waals surface area contributed by atoms with Crippen LogP contribution in [-0.4, -0.2) is 9.68 Å². The van der Waals surface area contributed by atoms with Crippen molar-refractivity contribution < 1.29 is 8.42 Å². The lowest BCUT2D eigenvalue weighted by molar-refractivity contribution is 0.600. The number of hydrogen-bond acceptors (Lipinski definition) is 2. The molecule has 0 saturated heterocycles. The lowest BCUT2D eigenvalue weighted by atomic mass is 10.4. The Labute approximate surface area is 109 Å². The molecule has 0 aliphatic heterocycles. The highest BCUT2D eigenvalue weighted by molar-refractivity contribution is 14.2. The molecular weight excluding hydrogens is 437 g/mol. The molecule has 0 atom stereocenters. The van der Waals surface area contributed by atoms with E-state index in [-0.39, 0.29) is 0 Å². The first-order chi connectivity index (χ1) is 5.94. The van der Waals surface area contributed by atoms with Crippen LogP contribution in [0.15, 0.2) is 29.2 Å². The molecule has 0 bridgehead atoms. The van der Waals surface area contributed by atoms with Gasteiger partial charge in [-0.15, -0.1) is 0 Å². The summed E-state index contributed by atoms with van der Waals surface area (Å²) < 4.78 is 22.7. The molecule has 2 nitrogen and oxygen atoms in total. The van der Waals surface area contributed by atoms with Crippen molar-refractivity contribution in [2.45, 2.75) is 6.16 Å². The number of sulfone groups is 1. The Balaban J connectivity index is 3.17. The van der Waals surface area contributed by atoms with Gasteiger partial charge in [0.2, 0.25) is 0 Å². The maximum absolute atomic E-state index is 11.6. The van der Waals surface area contributed by atoms with E-state index in [1.165, 1.54) is 12.1 Å². The Bertz CT molecular complexity index is 385. The molecule has 0 saturated carbocycles. The normalized spacial score (nSPS) is 12.0. The van der Waals surface area contributed by atoms with Crippen LogP contribution in [0.3, 0.4) is 0 Å². The fourth-order valence-corrected chi connectivity index (χ4v) is 3.34. The Morgan fingerprint density at radius 2 is 1.62 bits per heavy atom. The minimum Gasteiger partial charge on any atom is -0.222 e. The van der Waals surface area contributed by atoms with E-state index < -0.39 is 11.1 Å². The summed E-state index contributed by atoms with van der Waals surface area (Å²) in [5.41, 5.74) is 0. The molecule has 72 valence electrons. The predicted molar refractivity (Wildman–Crippen MR) is 70.5 cm³/mol. The highest BCUT2D eigenvalue weighted by Crippen LogP contribution is 2.26. The van der Waals surface area contributed by atoms with E-state index in [1.807, 2.05) is 45.2 Å². The maximum atomic E-state index is 11.6. The number of hydrogen-bond donors (Lipinski definition) is 0. The van der Waals surface area contributed by atoms with E-state index in [0.29, 0.717) is 9.92 Å². The summed E-state index contributed by atoms with van der Waals surface area (Å²) in [6.07, 6.45) is 0. The molecule has 0 amide bonds. The lowest BCUT2D eigenvalue weighted by Gasteiger charge is -2.04. The second-order valence-electron chi connectivity index (χ2n) is 2.26. The van der Waals surface area contributed by atoms with Gasteiger partial charge in [-0.25, -0.2) is 8.42 Å². The van der Waals surface area contributed by atoms with Crippen LogP contribution in [0.4, 0.5) is 0 Å². The fourth-order valence-electron chi connectivity index (χ4n) is 0.727. The van der Waals surface area contributed by atoms with E-state index in [2.05, 4.69) is 0 Å². The van der Waals surface area contributed by atoms with Crippen molar-refractivity contribution in [3.8, 4) is 0 Å². The van der Waals surface area contributed by atoms with Crippen LogP contribution in [-0.2, 0) is 9.84 Å². The van der Waals surface area contributed by atoms with Crippen molar-refractivity contribution in [1.29, 1.82) is 0 Å². The van der Waals surface area contributed by atoms with Gasteiger partial charge in [-0.1, -0.05) is 56.8 Å². The molecule has 0 aromatic heterocycles. The molecule has 6 heteroatoms. The molecule has 0 N–H and O–H groups in total.